The molecule has 4 rings (SSSR count). The predicted molar refractivity (Wildman–Crippen MR) is 97.1 cm³/mol. The van der Waals surface area contributed by atoms with Gasteiger partial charge in [-0.2, -0.15) is 5.26 Å². The van der Waals surface area contributed by atoms with Crippen molar-refractivity contribution in [3.8, 4) is 34.8 Å². The van der Waals surface area contributed by atoms with Gasteiger partial charge in [-0.25, -0.2) is 0 Å². The van der Waals surface area contributed by atoms with Crippen molar-refractivity contribution in [3.05, 3.63) is 47.0 Å². The lowest BCUT2D eigenvalue weighted by Crippen LogP contribution is -2.23. The lowest BCUT2D eigenvalue weighted by Gasteiger charge is -2.08. The first-order chi connectivity index (χ1) is 13.7. The number of nitrogens with zero attached hydrogens (tertiary/aromatic N) is 1. The number of nitrogens with one attached hydrogen (secondary N) is 1. The molecular weight excluding hydrogens is 364 g/mol. The minimum absolute atomic E-state index is 0.0575. The van der Waals surface area contributed by atoms with Crippen molar-refractivity contribution in [2.75, 3.05) is 20.7 Å². The standard InChI is InChI=1S/C20H16N2O6/c1-24-16-7-19-18(27-11-28-19)6-13(16)5-14(8-21)20(23)22-9-12-2-3-15-17(4-12)26-10-25-15/h2-7H,9-11H2,1H3,(H,22,23)/b14-5+. The minimum atomic E-state index is -0.500. The third kappa shape index (κ3) is 3.38. The fourth-order valence-electron chi connectivity index (χ4n) is 2.86. The van der Waals surface area contributed by atoms with Gasteiger partial charge in [0.05, 0.1) is 7.11 Å². The molecule has 8 heteroatoms. The number of fused-ring (bicyclic) bond motifs is 2. The van der Waals surface area contributed by atoms with Crippen LogP contribution < -0.4 is 29.0 Å². The second-order valence-electron chi connectivity index (χ2n) is 5.99. The molecule has 0 radical (unpaired) electrons. The first kappa shape index (κ1) is 17.5. The maximum Gasteiger partial charge on any atom is 0.262 e. The van der Waals surface area contributed by atoms with E-state index in [1.807, 2.05) is 12.1 Å². The Hall–Kier alpha value is -3.86. The van der Waals surface area contributed by atoms with Gasteiger partial charge in [0.1, 0.15) is 17.4 Å². The summed E-state index contributed by atoms with van der Waals surface area (Å²) in [5, 5.41) is 12.2. The van der Waals surface area contributed by atoms with Crippen LogP contribution in [0.4, 0.5) is 0 Å². The average Bonchev–Trinajstić information content (AvgIpc) is 3.37. The van der Waals surface area contributed by atoms with Crippen LogP contribution in [-0.4, -0.2) is 26.6 Å². The summed E-state index contributed by atoms with van der Waals surface area (Å²) in [5.74, 6) is 2.36. The van der Waals surface area contributed by atoms with E-state index in [1.165, 1.54) is 13.2 Å². The summed E-state index contributed by atoms with van der Waals surface area (Å²) in [6, 6.07) is 10.6. The highest BCUT2D eigenvalue weighted by atomic mass is 16.7. The second-order valence-corrected chi connectivity index (χ2v) is 5.99. The van der Waals surface area contributed by atoms with Crippen molar-refractivity contribution >= 4 is 12.0 Å². The van der Waals surface area contributed by atoms with Gasteiger partial charge in [-0.15, -0.1) is 0 Å². The first-order valence-corrected chi connectivity index (χ1v) is 8.44. The Labute approximate surface area is 160 Å². The zero-order valence-corrected chi connectivity index (χ0v) is 15.0. The van der Waals surface area contributed by atoms with Crippen LogP contribution in [0.2, 0.25) is 0 Å². The van der Waals surface area contributed by atoms with Gasteiger partial charge in [0.2, 0.25) is 13.6 Å². The van der Waals surface area contributed by atoms with Crippen molar-refractivity contribution in [2.24, 2.45) is 0 Å². The molecule has 0 aromatic heterocycles. The molecule has 8 nitrogen and oxygen atoms in total. The zero-order valence-electron chi connectivity index (χ0n) is 15.0. The van der Waals surface area contributed by atoms with Gasteiger partial charge in [-0.05, 0) is 29.8 Å². The van der Waals surface area contributed by atoms with Crippen molar-refractivity contribution in [3.63, 3.8) is 0 Å². The van der Waals surface area contributed by atoms with Gasteiger partial charge in [0.15, 0.2) is 23.0 Å². The monoisotopic (exact) mass is 380 g/mol. The van der Waals surface area contributed by atoms with E-state index < -0.39 is 5.91 Å². The third-order valence-corrected chi connectivity index (χ3v) is 4.28. The normalized spacial score (nSPS) is 13.8. The van der Waals surface area contributed by atoms with E-state index in [9.17, 15) is 10.1 Å². The second kappa shape index (κ2) is 7.40. The highest BCUT2D eigenvalue weighted by Gasteiger charge is 2.19. The molecule has 1 amide bonds. The molecule has 0 saturated heterocycles. The Morgan fingerprint density at radius 1 is 1.11 bits per heavy atom. The molecule has 0 unspecified atom stereocenters. The molecule has 1 N–H and O–H groups in total. The number of rotatable bonds is 5. The van der Waals surface area contributed by atoms with Crippen LogP contribution in [0.1, 0.15) is 11.1 Å². The van der Waals surface area contributed by atoms with E-state index in [0.717, 1.165) is 5.56 Å². The number of methoxy groups -OCH3 is 1. The predicted octanol–water partition coefficient (Wildman–Crippen LogP) is 2.38. The van der Waals surface area contributed by atoms with Gasteiger partial charge in [-0.3, -0.25) is 4.79 Å². The van der Waals surface area contributed by atoms with Gasteiger partial charge < -0.3 is 29.0 Å². The minimum Gasteiger partial charge on any atom is -0.496 e. The van der Waals surface area contributed by atoms with Crippen LogP contribution in [0.3, 0.4) is 0 Å². The third-order valence-electron chi connectivity index (χ3n) is 4.28. The fraction of sp³-hybridized carbons (Fsp3) is 0.200. The van der Waals surface area contributed by atoms with Crippen molar-refractivity contribution < 1.29 is 28.5 Å². The van der Waals surface area contributed by atoms with Crippen LogP contribution in [0, 0.1) is 11.3 Å². The summed E-state index contributed by atoms with van der Waals surface area (Å²) in [6.45, 7) is 0.545. The molecule has 0 atom stereocenters. The molecule has 2 heterocycles. The SMILES string of the molecule is COc1cc2c(cc1/C=C(\C#N)C(=O)NCc1ccc3c(c1)OCO3)OCO2. The number of carbonyl (C=O) groups excluding carboxylic acids is 1. The molecule has 142 valence electrons. The Bertz CT molecular complexity index is 1010. The topological polar surface area (TPSA) is 99.0 Å². The van der Waals surface area contributed by atoms with E-state index in [1.54, 1.807) is 24.3 Å². The van der Waals surface area contributed by atoms with Crippen LogP contribution in [0.5, 0.6) is 28.7 Å². The number of hydrogen-bond acceptors (Lipinski definition) is 7. The van der Waals surface area contributed by atoms with Crippen LogP contribution >= 0.6 is 0 Å². The summed E-state index contributed by atoms with van der Waals surface area (Å²) in [5.41, 5.74) is 1.31. The molecule has 0 fully saturated rings. The summed E-state index contributed by atoms with van der Waals surface area (Å²) < 4.78 is 26.6. The molecule has 2 aromatic rings. The zero-order chi connectivity index (χ0) is 19.5. The van der Waals surface area contributed by atoms with E-state index in [-0.39, 0.29) is 25.7 Å². The summed E-state index contributed by atoms with van der Waals surface area (Å²) in [6.07, 6.45) is 1.45. The maximum absolute atomic E-state index is 12.5. The Morgan fingerprint density at radius 3 is 2.50 bits per heavy atom. The van der Waals surface area contributed by atoms with Gasteiger partial charge in [0.25, 0.3) is 5.91 Å². The quantitative estimate of drug-likeness (QED) is 0.628. The number of nitriles is 1. The van der Waals surface area contributed by atoms with E-state index in [2.05, 4.69) is 5.32 Å². The Morgan fingerprint density at radius 2 is 1.79 bits per heavy atom. The molecule has 0 saturated carbocycles. The molecule has 0 spiro atoms. The Balaban J connectivity index is 1.51. The summed E-state index contributed by atoms with van der Waals surface area (Å²) in [7, 11) is 1.50. The smallest absolute Gasteiger partial charge is 0.262 e. The van der Waals surface area contributed by atoms with Crippen molar-refractivity contribution in [1.82, 2.24) is 5.32 Å². The van der Waals surface area contributed by atoms with Gasteiger partial charge in [0, 0.05) is 18.2 Å². The van der Waals surface area contributed by atoms with Gasteiger partial charge >= 0.3 is 0 Å². The summed E-state index contributed by atoms with van der Waals surface area (Å²) >= 11 is 0. The Kier molecular flexibility index (Phi) is 4.64. The number of benzene rings is 2. The molecule has 2 aliphatic rings. The molecular formula is C20H16N2O6. The lowest BCUT2D eigenvalue weighted by molar-refractivity contribution is -0.117. The maximum atomic E-state index is 12.5. The molecule has 2 aromatic carbocycles. The number of carbonyl (C=O) groups is 1. The molecule has 0 aliphatic carbocycles. The van der Waals surface area contributed by atoms with Crippen molar-refractivity contribution in [1.29, 1.82) is 5.26 Å². The van der Waals surface area contributed by atoms with Crippen LogP contribution in [0.25, 0.3) is 6.08 Å². The van der Waals surface area contributed by atoms with E-state index in [0.29, 0.717) is 34.3 Å². The molecule has 28 heavy (non-hydrogen) atoms. The fourth-order valence-corrected chi connectivity index (χ4v) is 2.86. The lowest BCUT2D eigenvalue weighted by atomic mass is 10.1. The van der Waals surface area contributed by atoms with Crippen LogP contribution in [-0.2, 0) is 11.3 Å². The average molecular weight is 380 g/mol. The molecule has 0 bridgehead atoms. The highest BCUT2D eigenvalue weighted by Crippen LogP contribution is 2.39. The first-order valence-electron chi connectivity index (χ1n) is 8.44. The highest BCUT2D eigenvalue weighted by molar-refractivity contribution is 6.02. The number of amides is 1. The van der Waals surface area contributed by atoms with Crippen molar-refractivity contribution in [2.45, 2.75) is 6.54 Å². The molecule has 2 aliphatic heterocycles. The number of hydrogen-bond donors (Lipinski definition) is 1. The summed E-state index contributed by atoms with van der Waals surface area (Å²) in [4.78, 5) is 12.5. The van der Waals surface area contributed by atoms with E-state index >= 15 is 0 Å². The largest absolute Gasteiger partial charge is 0.496 e. The van der Waals surface area contributed by atoms with Crippen LogP contribution in [0.15, 0.2) is 35.9 Å². The number of ether oxygens (including phenoxy) is 5. The van der Waals surface area contributed by atoms with E-state index in [4.69, 9.17) is 23.7 Å². The van der Waals surface area contributed by atoms with Gasteiger partial charge in [-0.1, -0.05) is 6.07 Å².